The number of carboxylic acid groups (broad SMARTS) is 1. The van der Waals surface area contributed by atoms with Crippen molar-refractivity contribution in [1.82, 2.24) is 4.90 Å². The molecule has 1 unspecified atom stereocenters. The molecule has 0 saturated carbocycles. The number of morpholine rings is 1. The van der Waals surface area contributed by atoms with E-state index in [1.54, 1.807) is 18.2 Å². The molecular weight excluding hydrogens is 316 g/mol. The number of hydrogen-bond acceptors (Lipinski definition) is 4. The van der Waals surface area contributed by atoms with E-state index in [9.17, 15) is 9.59 Å². The molecule has 1 aliphatic rings. The molecular formula is C12H13BrN2O4. The Morgan fingerprint density at radius 2 is 2.21 bits per heavy atom. The fraction of sp³-hybridized carbons (Fsp3) is 0.333. The number of benzene rings is 1. The maximum absolute atomic E-state index is 12.4. The molecule has 3 N–H and O–H groups in total. The van der Waals surface area contributed by atoms with Crippen molar-refractivity contribution in [1.29, 1.82) is 0 Å². The minimum Gasteiger partial charge on any atom is -0.480 e. The number of carboxylic acids is 1. The lowest BCUT2D eigenvalue weighted by molar-refractivity contribution is -0.147. The second kappa shape index (κ2) is 5.58. The van der Waals surface area contributed by atoms with Gasteiger partial charge in [-0.2, -0.15) is 0 Å². The molecule has 19 heavy (non-hydrogen) atoms. The van der Waals surface area contributed by atoms with Crippen LogP contribution in [-0.2, 0) is 9.53 Å². The Morgan fingerprint density at radius 1 is 1.47 bits per heavy atom. The third kappa shape index (κ3) is 2.87. The van der Waals surface area contributed by atoms with E-state index in [0.717, 1.165) is 4.47 Å². The van der Waals surface area contributed by atoms with E-state index in [1.807, 2.05) is 0 Å². The first-order valence-corrected chi connectivity index (χ1v) is 6.46. The molecule has 1 aliphatic heterocycles. The van der Waals surface area contributed by atoms with Crippen molar-refractivity contribution >= 4 is 33.5 Å². The van der Waals surface area contributed by atoms with Gasteiger partial charge in [-0.25, -0.2) is 4.79 Å². The minimum atomic E-state index is -1.08. The van der Waals surface area contributed by atoms with Crippen LogP contribution < -0.4 is 5.73 Å². The summed E-state index contributed by atoms with van der Waals surface area (Å²) in [5, 5.41) is 9.11. The third-order valence-corrected chi connectivity index (χ3v) is 3.41. The standard InChI is InChI=1S/C12H13BrN2O4/c13-7-1-2-8(9(14)5-7)11(16)15-3-4-19-6-10(15)12(17)18/h1-2,5,10H,3-4,6,14H2,(H,17,18). The summed E-state index contributed by atoms with van der Waals surface area (Å²) in [6, 6.07) is 3.92. The molecule has 1 saturated heterocycles. The zero-order valence-corrected chi connectivity index (χ0v) is 11.6. The van der Waals surface area contributed by atoms with Gasteiger partial charge in [-0.3, -0.25) is 4.79 Å². The Bertz CT molecular complexity index is 520. The molecule has 1 aromatic carbocycles. The maximum atomic E-state index is 12.4. The van der Waals surface area contributed by atoms with Crippen LogP contribution in [0.2, 0.25) is 0 Å². The summed E-state index contributed by atoms with van der Waals surface area (Å²) in [6.45, 7) is 0.564. The summed E-state index contributed by atoms with van der Waals surface area (Å²) in [5.74, 6) is -1.47. The molecule has 1 heterocycles. The predicted octanol–water partition coefficient (Wildman–Crippen LogP) is 0.957. The number of carbonyl (C=O) groups is 2. The molecule has 2 rings (SSSR count). The van der Waals surface area contributed by atoms with E-state index in [2.05, 4.69) is 15.9 Å². The van der Waals surface area contributed by atoms with Crippen molar-refractivity contribution in [3.63, 3.8) is 0 Å². The highest BCUT2D eigenvalue weighted by Crippen LogP contribution is 2.21. The van der Waals surface area contributed by atoms with E-state index in [-0.39, 0.29) is 19.1 Å². The SMILES string of the molecule is Nc1cc(Br)ccc1C(=O)N1CCOCC1C(=O)O. The lowest BCUT2D eigenvalue weighted by Crippen LogP contribution is -2.52. The fourth-order valence-electron chi connectivity index (χ4n) is 1.93. The van der Waals surface area contributed by atoms with Crippen LogP contribution in [0.4, 0.5) is 5.69 Å². The lowest BCUT2D eigenvalue weighted by Gasteiger charge is -2.33. The molecule has 1 atom stereocenters. The first kappa shape index (κ1) is 13.8. The zero-order chi connectivity index (χ0) is 14.0. The molecule has 0 aromatic heterocycles. The van der Waals surface area contributed by atoms with Gasteiger partial charge in [0.15, 0.2) is 6.04 Å². The number of nitrogen functional groups attached to an aromatic ring is 1. The van der Waals surface area contributed by atoms with E-state index in [1.165, 1.54) is 4.90 Å². The van der Waals surface area contributed by atoms with Crippen molar-refractivity contribution in [3.05, 3.63) is 28.2 Å². The van der Waals surface area contributed by atoms with Gasteiger partial charge < -0.3 is 20.5 Å². The summed E-state index contributed by atoms with van der Waals surface area (Å²) >= 11 is 3.26. The van der Waals surface area contributed by atoms with Crippen LogP contribution in [0.25, 0.3) is 0 Å². The predicted molar refractivity (Wildman–Crippen MR) is 71.8 cm³/mol. The summed E-state index contributed by atoms with van der Waals surface area (Å²) in [5.41, 5.74) is 6.41. The second-order valence-electron chi connectivity index (χ2n) is 4.16. The molecule has 0 bridgehead atoms. The topological polar surface area (TPSA) is 92.9 Å². The molecule has 0 aliphatic carbocycles. The molecule has 102 valence electrons. The molecule has 7 heteroatoms. The van der Waals surface area contributed by atoms with Gasteiger partial charge in [-0.05, 0) is 18.2 Å². The van der Waals surface area contributed by atoms with Gasteiger partial charge in [0.05, 0.1) is 18.8 Å². The van der Waals surface area contributed by atoms with Crippen molar-refractivity contribution in [2.45, 2.75) is 6.04 Å². The summed E-state index contributed by atoms with van der Waals surface area (Å²) in [4.78, 5) is 24.8. The first-order valence-electron chi connectivity index (χ1n) is 5.67. The van der Waals surface area contributed by atoms with Crippen LogP contribution >= 0.6 is 15.9 Å². The van der Waals surface area contributed by atoms with Gasteiger partial charge in [0.2, 0.25) is 0 Å². The third-order valence-electron chi connectivity index (χ3n) is 2.92. The van der Waals surface area contributed by atoms with Gasteiger partial charge in [0, 0.05) is 16.7 Å². The molecule has 6 nitrogen and oxygen atoms in total. The number of ether oxygens (including phenoxy) is 1. The Balaban J connectivity index is 2.28. The number of halogens is 1. The van der Waals surface area contributed by atoms with Crippen LogP contribution in [-0.4, -0.2) is 47.7 Å². The van der Waals surface area contributed by atoms with Crippen LogP contribution in [0.15, 0.2) is 22.7 Å². The smallest absolute Gasteiger partial charge is 0.328 e. The number of hydrogen-bond donors (Lipinski definition) is 2. The Hall–Kier alpha value is -1.60. The number of anilines is 1. The van der Waals surface area contributed by atoms with Gasteiger partial charge in [0.1, 0.15) is 0 Å². The fourth-order valence-corrected chi connectivity index (χ4v) is 2.31. The summed E-state index contributed by atoms with van der Waals surface area (Å²) in [7, 11) is 0. The maximum Gasteiger partial charge on any atom is 0.328 e. The molecule has 1 aromatic rings. The minimum absolute atomic E-state index is 0.00247. The highest BCUT2D eigenvalue weighted by atomic mass is 79.9. The van der Waals surface area contributed by atoms with Crippen LogP contribution in [0.1, 0.15) is 10.4 Å². The average Bonchev–Trinajstić information content (AvgIpc) is 2.38. The summed E-state index contributed by atoms with van der Waals surface area (Å²) in [6.07, 6.45) is 0. The molecule has 1 fully saturated rings. The van der Waals surface area contributed by atoms with Crippen LogP contribution in [0.3, 0.4) is 0 Å². The van der Waals surface area contributed by atoms with Crippen molar-refractivity contribution in [2.24, 2.45) is 0 Å². The Labute approximate surface area is 118 Å². The number of amides is 1. The average molecular weight is 329 g/mol. The van der Waals surface area contributed by atoms with Crippen molar-refractivity contribution in [2.75, 3.05) is 25.5 Å². The number of nitrogens with two attached hydrogens (primary N) is 1. The number of aliphatic carboxylic acids is 1. The normalized spacial score (nSPS) is 19.2. The highest BCUT2D eigenvalue weighted by molar-refractivity contribution is 9.10. The van der Waals surface area contributed by atoms with Crippen LogP contribution in [0, 0.1) is 0 Å². The molecule has 0 spiro atoms. The number of carbonyl (C=O) groups excluding carboxylic acids is 1. The van der Waals surface area contributed by atoms with Crippen molar-refractivity contribution in [3.8, 4) is 0 Å². The van der Waals surface area contributed by atoms with E-state index in [4.69, 9.17) is 15.6 Å². The summed E-state index contributed by atoms with van der Waals surface area (Å²) < 4.78 is 5.86. The highest BCUT2D eigenvalue weighted by Gasteiger charge is 2.33. The van der Waals surface area contributed by atoms with Crippen LogP contribution in [0.5, 0.6) is 0 Å². The van der Waals surface area contributed by atoms with E-state index >= 15 is 0 Å². The zero-order valence-electron chi connectivity index (χ0n) is 10.0. The largest absolute Gasteiger partial charge is 0.480 e. The monoisotopic (exact) mass is 328 g/mol. The molecule has 1 amide bonds. The van der Waals surface area contributed by atoms with Gasteiger partial charge in [-0.1, -0.05) is 15.9 Å². The van der Waals surface area contributed by atoms with Gasteiger partial charge >= 0.3 is 5.97 Å². The quantitative estimate of drug-likeness (QED) is 0.789. The Kier molecular flexibility index (Phi) is 4.06. The molecule has 0 radical (unpaired) electrons. The van der Waals surface area contributed by atoms with E-state index in [0.29, 0.717) is 17.9 Å². The number of rotatable bonds is 2. The Morgan fingerprint density at radius 3 is 2.84 bits per heavy atom. The van der Waals surface area contributed by atoms with Crippen molar-refractivity contribution < 1.29 is 19.4 Å². The first-order chi connectivity index (χ1) is 9.00. The lowest BCUT2D eigenvalue weighted by atomic mass is 10.1. The number of nitrogens with zero attached hydrogens (tertiary/aromatic N) is 1. The van der Waals surface area contributed by atoms with Gasteiger partial charge in [-0.15, -0.1) is 0 Å². The second-order valence-corrected chi connectivity index (χ2v) is 5.07. The van der Waals surface area contributed by atoms with Gasteiger partial charge in [0.25, 0.3) is 5.91 Å². The van der Waals surface area contributed by atoms with E-state index < -0.39 is 12.0 Å².